The summed E-state index contributed by atoms with van der Waals surface area (Å²) in [5.74, 6) is -1.18. The molecule has 28 heavy (non-hydrogen) atoms. The van der Waals surface area contributed by atoms with Crippen molar-refractivity contribution in [2.45, 2.75) is 13.2 Å². The van der Waals surface area contributed by atoms with Crippen molar-refractivity contribution in [2.75, 3.05) is 0 Å². The van der Waals surface area contributed by atoms with Gasteiger partial charge in [0.15, 0.2) is 0 Å². The number of para-hydroxylation sites is 2. The largest absolute Gasteiger partial charge is 0.508 e. The number of carbonyl (C=O) groups is 2. The lowest BCUT2D eigenvalue weighted by molar-refractivity contribution is 0.0468. The van der Waals surface area contributed by atoms with E-state index in [1.54, 1.807) is 42.5 Å². The fourth-order valence-electron chi connectivity index (χ4n) is 2.49. The van der Waals surface area contributed by atoms with Crippen LogP contribution in [0.25, 0.3) is 0 Å². The third kappa shape index (κ3) is 4.67. The van der Waals surface area contributed by atoms with E-state index in [0.717, 1.165) is 0 Å². The summed E-state index contributed by atoms with van der Waals surface area (Å²) in [6, 6.07) is 19.1. The number of esters is 2. The molecule has 0 aliphatic heterocycles. The van der Waals surface area contributed by atoms with Crippen LogP contribution in [-0.4, -0.2) is 22.2 Å². The molecule has 0 radical (unpaired) electrons. The van der Waals surface area contributed by atoms with Crippen molar-refractivity contribution in [1.82, 2.24) is 0 Å². The number of aromatic hydroxyl groups is 2. The maximum atomic E-state index is 12.2. The Balaban J connectivity index is 1.62. The number of rotatable bonds is 6. The molecule has 0 spiro atoms. The van der Waals surface area contributed by atoms with Crippen LogP contribution in [0.4, 0.5) is 0 Å². The van der Waals surface area contributed by atoms with Crippen LogP contribution < -0.4 is 0 Å². The first-order chi connectivity index (χ1) is 13.5. The first-order valence-electron chi connectivity index (χ1n) is 8.52. The monoisotopic (exact) mass is 378 g/mol. The zero-order valence-electron chi connectivity index (χ0n) is 14.9. The lowest BCUT2D eigenvalue weighted by Crippen LogP contribution is -2.09. The maximum absolute atomic E-state index is 12.2. The molecule has 2 N–H and O–H groups in total. The Morgan fingerprint density at radius 1 is 0.643 bits per heavy atom. The normalized spacial score (nSPS) is 10.3. The van der Waals surface area contributed by atoms with E-state index < -0.39 is 11.9 Å². The quantitative estimate of drug-likeness (QED) is 0.634. The van der Waals surface area contributed by atoms with Gasteiger partial charge in [-0.3, -0.25) is 0 Å². The fraction of sp³-hybridized carbons (Fsp3) is 0.0909. The zero-order valence-corrected chi connectivity index (χ0v) is 14.9. The summed E-state index contributed by atoms with van der Waals surface area (Å²) in [7, 11) is 0. The minimum atomic E-state index is -0.626. The molecule has 0 amide bonds. The highest BCUT2D eigenvalue weighted by atomic mass is 16.5. The lowest BCUT2D eigenvalue weighted by atomic mass is 10.1. The third-order valence-electron chi connectivity index (χ3n) is 4.03. The van der Waals surface area contributed by atoms with Crippen LogP contribution in [0.2, 0.25) is 0 Å². The molecule has 0 aliphatic rings. The topological polar surface area (TPSA) is 93.1 Å². The predicted molar refractivity (Wildman–Crippen MR) is 101 cm³/mol. The van der Waals surface area contributed by atoms with Gasteiger partial charge in [0.05, 0.1) is 11.1 Å². The van der Waals surface area contributed by atoms with Crippen LogP contribution in [0.1, 0.15) is 31.8 Å². The van der Waals surface area contributed by atoms with Gasteiger partial charge in [-0.1, -0.05) is 42.5 Å². The molecular formula is C22H18O6. The second-order valence-electron chi connectivity index (χ2n) is 5.99. The summed E-state index contributed by atoms with van der Waals surface area (Å²) in [6.07, 6.45) is 0. The number of phenols is 2. The molecular weight excluding hydrogens is 360 g/mol. The molecule has 0 aromatic heterocycles. The maximum Gasteiger partial charge on any atom is 0.338 e. The molecule has 3 aromatic rings. The minimum absolute atomic E-state index is 0.0387. The molecule has 0 saturated heterocycles. The molecule has 0 fully saturated rings. The summed E-state index contributed by atoms with van der Waals surface area (Å²) >= 11 is 0. The first-order valence-corrected chi connectivity index (χ1v) is 8.52. The number of hydrogen-bond donors (Lipinski definition) is 2. The van der Waals surface area contributed by atoms with Crippen LogP contribution in [0.15, 0.2) is 72.8 Å². The Morgan fingerprint density at radius 2 is 1.07 bits per heavy atom. The van der Waals surface area contributed by atoms with E-state index in [4.69, 9.17) is 9.47 Å². The first kappa shape index (κ1) is 19.0. The van der Waals surface area contributed by atoms with Crippen molar-refractivity contribution in [1.29, 1.82) is 0 Å². The molecule has 6 nitrogen and oxygen atoms in total. The average Bonchev–Trinajstić information content (AvgIpc) is 2.72. The Morgan fingerprint density at radius 3 is 1.50 bits per heavy atom. The molecule has 3 aromatic carbocycles. The van der Waals surface area contributed by atoms with Crippen LogP contribution >= 0.6 is 0 Å². The molecule has 0 bridgehead atoms. The van der Waals surface area contributed by atoms with E-state index in [1.165, 1.54) is 30.3 Å². The highest BCUT2D eigenvalue weighted by molar-refractivity contribution is 5.95. The van der Waals surface area contributed by atoms with Gasteiger partial charge in [0.1, 0.15) is 24.7 Å². The summed E-state index contributed by atoms with van der Waals surface area (Å²) in [4.78, 5) is 24.5. The number of benzene rings is 3. The number of phenolic OH excluding ortho intramolecular Hbond substituents is 2. The van der Waals surface area contributed by atoms with E-state index in [1.807, 2.05) is 0 Å². The van der Waals surface area contributed by atoms with Crippen LogP contribution in [0, 0.1) is 0 Å². The highest BCUT2D eigenvalue weighted by Crippen LogP contribution is 2.19. The van der Waals surface area contributed by atoms with Gasteiger partial charge in [-0.05, 0) is 30.3 Å². The van der Waals surface area contributed by atoms with Crippen molar-refractivity contribution in [3.05, 3.63) is 95.1 Å². The van der Waals surface area contributed by atoms with E-state index in [2.05, 4.69) is 0 Å². The Bertz CT molecular complexity index is 919. The van der Waals surface area contributed by atoms with Gasteiger partial charge in [-0.15, -0.1) is 0 Å². The van der Waals surface area contributed by atoms with Gasteiger partial charge in [0.25, 0.3) is 0 Å². The Kier molecular flexibility index (Phi) is 5.91. The van der Waals surface area contributed by atoms with Crippen molar-refractivity contribution >= 4 is 11.9 Å². The van der Waals surface area contributed by atoms with E-state index in [9.17, 15) is 19.8 Å². The third-order valence-corrected chi connectivity index (χ3v) is 4.03. The van der Waals surface area contributed by atoms with Crippen LogP contribution in [0.3, 0.4) is 0 Å². The summed E-state index contributed by atoms with van der Waals surface area (Å²) in [5.41, 5.74) is 1.34. The smallest absolute Gasteiger partial charge is 0.338 e. The van der Waals surface area contributed by atoms with E-state index in [0.29, 0.717) is 11.1 Å². The molecule has 0 saturated carbocycles. The average molecular weight is 378 g/mol. The summed E-state index contributed by atoms with van der Waals surface area (Å²) < 4.78 is 10.4. The van der Waals surface area contributed by atoms with Crippen molar-refractivity contribution in [3.63, 3.8) is 0 Å². The standard InChI is InChI=1S/C22H18O6/c23-19-10-3-1-6-17(19)13-27-21(25)15-8-5-9-16(12-15)22(26)28-14-18-7-2-4-11-20(18)24/h1-12,23-24H,13-14H2. The van der Waals surface area contributed by atoms with Gasteiger partial charge >= 0.3 is 11.9 Å². The number of ether oxygens (including phenoxy) is 2. The van der Waals surface area contributed by atoms with Crippen LogP contribution in [0.5, 0.6) is 11.5 Å². The zero-order chi connectivity index (χ0) is 19.9. The number of hydrogen-bond acceptors (Lipinski definition) is 6. The van der Waals surface area contributed by atoms with Crippen molar-refractivity contribution in [3.8, 4) is 11.5 Å². The Labute approximate surface area is 161 Å². The molecule has 3 rings (SSSR count). The highest BCUT2D eigenvalue weighted by Gasteiger charge is 2.14. The molecule has 0 aliphatic carbocycles. The fourth-order valence-corrected chi connectivity index (χ4v) is 2.49. The van der Waals surface area contributed by atoms with Gasteiger partial charge < -0.3 is 19.7 Å². The second kappa shape index (κ2) is 8.73. The molecule has 0 heterocycles. The van der Waals surface area contributed by atoms with Crippen molar-refractivity contribution < 1.29 is 29.3 Å². The van der Waals surface area contributed by atoms with Gasteiger partial charge in [-0.25, -0.2) is 9.59 Å². The van der Waals surface area contributed by atoms with Gasteiger partial charge in [0.2, 0.25) is 0 Å². The van der Waals surface area contributed by atoms with Crippen LogP contribution in [-0.2, 0) is 22.7 Å². The van der Waals surface area contributed by atoms with Gasteiger partial charge in [0, 0.05) is 11.1 Å². The van der Waals surface area contributed by atoms with E-state index in [-0.39, 0.29) is 35.8 Å². The summed E-state index contributed by atoms with van der Waals surface area (Å²) in [5, 5.41) is 19.4. The lowest BCUT2D eigenvalue weighted by Gasteiger charge is -2.09. The van der Waals surface area contributed by atoms with Gasteiger partial charge in [-0.2, -0.15) is 0 Å². The molecule has 0 atom stereocenters. The number of carbonyl (C=O) groups excluding carboxylic acids is 2. The second-order valence-corrected chi connectivity index (χ2v) is 5.99. The molecule has 6 heteroatoms. The molecule has 0 unspecified atom stereocenters. The van der Waals surface area contributed by atoms with Crippen molar-refractivity contribution in [2.24, 2.45) is 0 Å². The SMILES string of the molecule is O=C(OCc1ccccc1O)c1cccc(C(=O)OCc2ccccc2O)c1. The van der Waals surface area contributed by atoms with E-state index >= 15 is 0 Å². The predicted octanol–water partition coefficient (Wildman–Crippen LogP) is 3.81. The summed E-state index contributed by atoms with van der Waals surface area (Å²) in [6.45, 7) is -0.180. The molecule has 142 valence electrons. The Hall–Kier alpha value is -3.80. The minimum Gasteiger partial charge on any atom is -0.508 e.